The second-order valence-corrected chi connectivity index (χ2v) is 6.44. The van der Waals surface area contributed by atoms with E-state index in [1.54, 1.807) is 24.8 Å². The maximum absolute atomic E-state index is 12.4. The standard InChI is InChI=1S/C16H21N5O2/c1-16(2)6-4-11(9-23-16)19-15(22)14-18-7-5-12(20-14)13-8-17-10-21(13)3/h5,7-8,10-11H,4,6,9H2,1-3H3,(H,19,22). The summed E-state index contributed by atoms with van der Waals surface area (Å²) in [5, 5.41) is 2.95. The number of nitrogens with one attached hydrogen (secondary N) is 1. The molecule has 0 spiro atoms. The number of hydrogen-bond donors (Lipinski definition) is 1. The van der Waals surface area contributed by atoms with Crippen LogP contribution < -0.4 is 5.32 Å². The molecule has 23 heavy (non-hydrogen) atoms. The van der Waals surface area contributed by atoms with E-state index >= 15 is 0 Å². The van der Waals surface area contributed by atoms with Crippen molar-refractivity contribution in [2.45, 2.75) is 38.3 Å². The van der Waals surface area contributed by atoms with Gasteiger partial charge in [0.15, 0.2) is 0 Å². The van der Waals surface area contributed by atoms with Gasteiger partial charge >= 0.3 is 0 Å². The average molecular weight is 315 g/mol. The van der Waals surface area contributed by atoms with Gasteiger partial charge in [-0.3, -0.25) is 4.79 Å². The molecule has 2 aromatic rings. The van der Waals surface area contributed by atoms with Crippen molar-refractivity contribution in [3.8, 4) is 11.4 Å². The summed E-state index contributed by atoms with van der Waals surface area (Å²) in [5.74, 6) is -0.115. The highest BCUT2D eigenvalue weighted by molar-refractivity contribution is 5.91. The minimum atomic E-state index is -0.276. The van der Waals surface area contributed by atoms with Gasteiger partial charge < -0.3 is 14.6 Å². The quantitative estimate of drug-likeness (QED) is 0.929. The third kappa shape index (κ3) is 3.56. The second kappa shape index (κ2) is 6.08. The molecule has 1 atom stereocenters. The normalized spacial score (nSPS) is 20.2. The van der Waals surface area contributed by atoms with Crippen LogP contribution in [0.3, 0.4) is 0 Å². The minimum absolute atomic E-state index is 0.000478. The van der Waals surface area contributed by atoms with Gasteiger partial charge in [-0.25, -0.2) is 15.0 Å². The Bertz CT molecular complexity index is 700. The van der Waals surface area contributed by atoms with Gasteiger partial charge in [-0.15, -0.1) is 0 Å². The molecule has 1 N–H and O–H groups in total. The smallest absolute Gasteiger partial charge is 0.289 e. The lowest BCUT2D eigenvalue weighted by molar-refractivity contribution is -0.0640. The highest BCUT2D eigenvalue weighted by Crippen LogP contribution is 2.23. The van der Waals surface area contributed by atoms with Crippen molar-refractivity contribution in [2.75, 3.05) is 6.61 Å². The Labute approximate surface area is 135 Å². The van der Waals surface area contributed by atoms with Crippen LogP contribution >= 0.6 is 0 Å². The predicted molar refractivity (Wildman–Crippen MR) is 84.8 cm³/mol. The number of imidazole rings is 1. The molecular formula is C16H21N5O2. The molecule has 1 fully saturated rings. The molecule has 7 heteroatoms. The molecule has 1 aliphatic heterocycles. The molecule has 0 aliphatic carbocycles. The first-order valence-corrected chi connectivity index (χ1v) is 7.69. The minimum Gasteiger partial charge on any atom is -0.373 e. The summed E-state index contributed by atoms with van der Waals surface area (Å²) in [4.78, 5) is 24.9. The average Bonchev–Trinajstić information content (AvgIpc) is 2.95. The van der Waals surface area contributed by atoms with Gasteiger partial charge in [-0.05, 0) is 32.8 Å². The van der Waals surface area contributed by atoms with Crippen LogP contribution in [0.25, 0.3) is 11.4 Å². The number of ether oxygens (including phenoxy) is 1. The SMILES string of the molecule is Cn1cncc1-c1ccnc(C(=O)NC2CCC(C)(C)OC2)n1. The Balaban J connectivity index is 1.70. The van der Waals surface area contributed by atoms with Gasteiger partial charge in [0, 0.05) is 13.2 Å². The van der Waals surface area contributed by atoms with Crippen molar-refractivity contribution < 1.29 is 9.53 Å². The summed E-state index contributed by atoms with van der Waals surface area (Å²) in [6.07, 6.45) is 6.79. The Morgan fingerprint density at radius 2 is 2.30 bits per heavy atom. The summed E-state index contributed by atoms with van der Waals surface area (Å²) >= 11 is 0. The molecule has 1 unspecified atom stereocenters. The molecular weight excluding hydrogens is 294 g/mol. The molecule has 0 radical (unpaired) electrons. The zero-order valence-electron chi connectivity index (χ0n) is 13.6. The fourth-order valence-electron chi connectivity index (χ4n) is 2.58. The van der Waals surface area contributed by atoms with Crippen LogP contribution in [0.4, 0.5) is 0 Å². The first kappa shape index (κ1) is 15.6. The number of aromatic nitrogens is 4. The fourth-order valence-corrected chi connectivity index (χ4v) is 2.58. The molecule has 0 aromatic carbocycles. The number of carbonyl (C=O) groups excluding carboxylic acids is 1. The van der Waals surface area contributed by atoms with Crippen molar-refractivity contribution in [3.63, 3.8) is 0 Å². The van der Waals surface area contributed by atoms with Gasteiger partial charge in [-0.2, -0.15) is 0 Å². The Hall–Kier alpha value is -2.28. The van der Waals surface area contributed by atoms with Crippen LogP contribution in [0.5, 0.6) is 0 Å². The van der Waals surface area contributed by atoms with Gasteiger partial charge in [0.2, 0.25) is 5.82 Å². The van der Waals surface area contributed by atoms with Crippen molar-refractivity contribution in [3.05, 3.63) is 30.6 Å². The molecule has 3 heterocycles. The first-order chi connectivity index (χ1) is 10.9. The van der Waals surface area contributed by atoms with Crippen LogP contribution in [0.15, 0.2) is 24.8 Å². The van der Waals surface area contributed by atoms with E-state index in [9.17, 15) is 4.79 Å². The van der Waals surface area contributed by atoms with Crippen LogP contribution in [-0.4, -0.2) is 43.7 Å². The summed E-state index contributed by atoms with van der Waals surface area (Å²) in [6.45, 7) is 4.64. The maximum atomic E-state index is 12.4. The molecule has 0 bridgehead atoms. The summed E-state index contributed by atoms with van der Waals surface area (Å²) in [7, 11) is 1.88. The lowest BCUT2D eigenvalue weighted by atomic mass is 9.96. The molecule has 1 saturated heterocycles. The molecule has 1 amide bonds. The Morgan fingerprint density at radius 3 is 2.96 bits per heavy atom. The number of carbonyl (C=O) groups is 1. The van der Waals surface area contributed by atoms with Crippen LogP contribution in [0, 0.1) is 0 Å². The summed E-state index contributed by atoms with van der Waals surface area (Å²) in [5.41, 5.74) is 1.40. The first-order valence-electron chi connectivity index (χ1n) is 7.69. The number of amides is 1. The lowest BCUT2D eigenvalue weighted by Crippen LogP contribution is -2.46. The predicted octanol–water partition coefficient (Wildman–Crippen LogP) is 1.56. The zero-order chi connectivity index (χ0) is 16.4. The van der Waals surface area contributed by atoms with Crippen molar-refractivity contribution in [2.24, 2.45) is 7.05 Å². The third-order valence-corrected chi connectivity index (χ3v) is 4.04. The van der Waals surface area contributed by atoms with Gasteiger partial charge in [0.05, 0.1) is 42.2 Å². The van der Waals surface area contributed by atoms with Crippen molar-refractivity contribution in [1.29, 1.82) is 0 Å². The highest BCUT2D eigenvalue weighted by Gasteiger charge is 2.28. The second-order valence-electron chi connectivity index (χ2n) is 6.44. The third-order valence-electron chi connectivity index (χ3n) is 4.04. The van der Waals surface area contributed by atoms with E-state index in [1.165, 1.54) is 0 Å². The van der Waals surface area contributed by atoms with E-state index < -0.39 is 0 Å². The van der Waals surface area contributed by atoms with E-state index in [-0.39, 0.29) is 23.4 Å². The molecule has 0 saturated carbocycles. The van der Waals surface area contributed by atoms with E-state index in [1.807, 2.05) is 11.6 Å². The lowest BCUT2D eigenvalue weighted by Gasteiger charge is -2.34. The summed E-state index contributed by atoms with van der Waals surface area (Å²) in [6, 6.07) is 1.76. The van der Waals surface area contributed by atoms with Gasteiger partial charge in [0.25, 0.3) is 5.91 Å². The van der Waals surface area contributed by atoms with Crippen LogP contribution in [0.2, 0.25) is 0 Å². The summed E-state index contributed by atoms with van der Waals surface area (Å²) < 4.78 is 7.59. The number of hydrogen-bond acceptors (Lipinski definition) is 5. The fraction of sp³-hybridized carbons (Fsp3) is 0.500. The molecule has 3 rings (SSSR count). The molecule has 7 nitrogen and oxygen atoms in total. The van der Waals surface area contributed by atoms with Crippen molar-refractivity contribution >= 4 is 5.91 Å². The number of aryl methyl sites for hydroxylation is 1. The van der Waals surface area contributed by atoms with E-state index in [0.717, 1.165) is 18.5 Å². The Morgan fingerprint density at radius 1 is 1.48 bits per heavy atom. The maximum Gasteiger partial charge on any atom is 0.289 e. The highest BCUT2D eigenvalue weighted by atomic mass is 16.5. The zero-order valence-corrected chi connectivity index (χ0v) is 13.6. The van der Waals surface area contributed by atoms with Crippen LogP contribution in [0.1, 0.15) is 37.3 Å². The monoisotopic (exact) mass is 315 g/mol. The van der Waals surface area contributed by atoms with Crippen LogP contribution in [-0.2, 0) is 11.8 Å². The number of rotatable bonds is 3. The Kier molecular flexibility index (Phi) is 4.12. The van der Waals surface area contributed by atoms with Gasteiger partial charge in [-0.1, -0.05) is 0 Å². The van der Waals surface area contributed by atoms with E-state index in [4.69, 9.17) is 4.74 Å². The number of nitrogens with zero attached hydrogens (tertiary/aromatic N) is 4. The molecule has 2 aromatic heterocycles. The largest absolute Gasteiger partial charge is 0.373 e. The topological polar surface area (TPSA) is 81.9 Å². The van der Waals surface area contributed by atoms with Gasteiger partial charge in [0.1, 0.15) is 0 Å². The molecule has 1 aliphatic rings. The van der Waals surface area contributed by atoms with E-state index in [2.05, 4.69) is 34.1 Å². The van der Waals surface area contributed by atoms with Crippen molar-refractivity contribution in [1.82, 2.24) is 24.8 Å². The molecule has 122 valence electrons. The van der Waals surface area contributed by atoms with E-state index in [0.29, 0.717) is 12.3 Å².